The number of nitrogens with two attached hydrogens (primary N) is 1. The molecule has 3 N–H and O–H groups in total. The summed E-state index contributed by atoms with van der Waals surface area (Å²) in [4.78, 5) is 0. The third-order valence-electron chi connectivity index (χ3n) is 2.94. The minimum atomic E-state index is -0.130. The van der Waals surface area contributed by atoms with E-state index in [2.05, 4.69) is 5.38 Å². The zero-order valence-electron chi connectivity index (χ0n) is 11.0. The van der Waals surface area contributed by atoms with Crippen molar-refractivity contribution in [3.8, 4) is 5.75 Å². The summed E-state index contributed by atoms with van der Waals surface area (Å²) in [7, 11) is 0. The van der Waals surface area contributed by atoms with Crippen LogP contribution in [0.4, 0.5) is 0 Å². The van der Waals surface area contributed by atoms with Crippen LogP contribution in [0.1, 0.15) is 24.2 Å². The predicted octanol–water partition coefficient (Wildman–Crippen LogP) is 2.75. The third-order valence-corrected chi connectivity index (χ3v) is 3.64. The highest BCUT2D eigenvalue weighted by Crippen LogP contribution is 2.26. The van der Waals surface area contributed by atoms with E-state index in [-0.39, 0.29) is 18.8 Å². The maximum Gasteiger partial charge on any atom is 0.139 e. The maximum absolute atomic E-state index is 8.89. The molecule has 2 unspecified atom stereocenters. The molecule has 19 heavy (non-hydrogen) atoms. The summed E-state index contributed by atoms with van der Waals surface area (Å²) >= 11 is 1.64. The summed E-state index contributed by atoms with van der Waals surface area (Å²) in [6.07, 6.45) is 0.539. The lowest BCUT2D eigenvalue weighted by Crippen LogP contribution is -2.28. The van der Waals surface area contributed by atoms with Gasteiger partial charge in [-0.3, -0.25) is 0 Å². The second-order valence-corrected chi connectivity index (χ2v) is 5.35. The Bertz CT molecular complexity index is 479. The second-order valence-electron chi connectivity index (χ2n) is 4.57. The van der Waals surface area contributed by atoms with Crippen molar-refractivity contribution in [2.45, 2.75) is 25.5 Å². The van der Waals surface area contributed by atoms with Crippen LogP contribution in [0.15, 0.2) is 41.1 Å². The van der Waals surface area contributed by atoms with Crippen molar-refractivity contribution in [2.75, 3.05) is 6.61 Å². The Morgan fingerprint density at radius 3 is 2.53 bits per heavy atom. The molecule has 0 aliphatic heterocycles. The second kappa shape index (κ2) is 6.70. The number of hydrogen-bond acceptors (Lipinski definition) is 4. The van der Waals surface area contributed by atoms with Gasteiger partial charge in [0.1, 0.15) is 11.9 Å². The highest BCUT2D eigenvalue weighted by molar-refractivity contribution is 7.07. The standard InChI is InChI=1S/C15H19NO2S/c1-11(16)15(13-7-9-19-10-13)18-14-4-2-12(3-5-14)6-8-17/h2-5,7,9-11,15,17H,6,8,16H2,1H3. The molecule has 0 aliphatic rings. The molecule has 3 nitrogen and oxygen atoms in total. The van der Waals surface area contributed by atoms with Gasteiger partial charge < -0.3 is 15.6 Å². The first-order valence-electron chi connectivity index (χ1n) is 6.35. The van der Waals surface area contributed by atoms with Crippen LogP contribution < -0.4 is 10.5 Å². The monoisotopic (exact) mass is 277 g/mol. The van der Waals surface area contributed by atoms with Gasteiger partial charge in [0.2, 0.25) is 0 Å². The smallest absolute Gasteiger partial charge is 0.139 e. The van der Waals surface area contributed by atoms with Gasteiger partial charge in [0.25, 0.3) is 0 Å². The first-order chi connectivity index (χ1) is 9.20. The fraction of sp³-hybridized carbons (Fsp3) is 0.333. The molecule has 0 bridgehead atoms. The van der Waals surface area contributed by atoms with Crippen molar-refractivity contribution in [1.82, 2.24) is 0 Å². The average molecular weight is 277 g/mol. The normalized spacial score (nSPS) is 14.1. The van der Waals surface area contributed by atoms with Crippen LogP contribution in [0.5, 0.6) is 5.75 Å². The van der Waals surface area contributed by atoms with E-state index in [1.165, 1.54) is 0 Å². The van der Waals surface area contributed by atoms with Crippen LogP contribution in [-0.4, -0.2) is 17.8 Å². The molecule has 0 amide bonds. The van der Waals surface area contributed by atoms with E-state index < -0.39 is 0 Å². The van der Waals surface area contributed by atoms with Gasteiger partial charge in [-0.05, 0) is 47.9 Å². The summed E-state index contributed by atoms with van der Waals surface area (Å²) in [6.45, 7) is 2.11. The Hall–Kier alpha value is -1.36. The summed E-state index contributed by atoms with van der Waals surface area (Å²) < 4.78 is 5.97. The van der Waals surface area contributed by atoms with Crippen molar-refractivity contribution in [3.05, 3.63) is 52.2 Å². The molecule has 1 aromatic carbocycles. The summed E-state index contributed by atoms with van der Waals surface area (Å²) in [5, 5.41) is 13.0. The molecular formula is C15H19NO2S. The molecule has 0 aliphatic carbocycles. The Morgan fingerprint density at radius 2 is 2.00 bits per heavy atom. The van der Waals surface area contributed by atoms with Gasteiger partial charge in [0.05, 0.1) is 0 Å². The Balaban J connectivity index is 2.09. The minimum Gasteiger partial charge on any atom is -0.484 e. The number of hydrogen-bond donors (Lipinski definition) is 2. The maximum atomic E-state index is 8.89. The van der Waals surface area contributed by atoms with Crippen molar-refractivity contribution >= 4 is 11.3 Å². The molecule has 2 atom stereocenters. The molecule has 0 fully saturated rings. The van der Waals surface area contributed by atoms with Crippen LogP contribution in [0.2, 0.25) is 0 Å². The molecule has 0 saturated heterocycles. The van der Waals surface area contributed by atoms with E-state index in [0.717, 1.165) is 16.9 Å². The molecule has 102 valence electrons. The summed E-state index contributed by atoms with van der Waals surface area (Å²) in [5.74, 6) is 0.801. The van der Waals surface area contributed by atoms with Gasteiger partial charge in [-0.1, -0.05) is 12.1 Å². The summed E-state index contributed by atoms with van der Waals surface area (Å²) in [5.41, 5.74) is 8.21. The van der Waals surface area contributed by atoms with Crippen LogP contribution >= 0.6 is 11.3 Å². The van der Waals surface area contributed by atoms with E-state index in [1.807, 2.05) is 42.6 Å². The zero-order chi connectivity index (χ0) is 13.7. The van der Waals surface area contributed by atoms with Crippen molar-refractivity contribution in [3.63, 3.8) is 0 Å². The van der Waals surface area contributed by atoms with Crippen molar-refractivity contribution in [1.29, 1.82) is 0 Å². The van der Waals surface area contributed by atoms with Crippen LogP contribution in [0.3, 0.4) is 0 Å². The van der Waals surface area contributed by atoms with Gasteiger partial charge >= 0.3 is 0 Å². The van der Waals surface area contributed by atoms with Gasteiger partial charge in [0, 0.05) is 18.2 Å². The zero-order valence-corrected chi connectivity index (χ0v) is 11.8. The fourth-order valence-electron chi connectivity index (χ4n) is 1.93. The van der Waals surface area contributed by atoms with E-state index >= 15 is 0 Å². The first-order valence-corrected chi connectivity index (χ1v) is 7.29. The van der Waals surface area contributed by atoms with E-state index in [9.17, 15) is 0 Å². The van der Waals surface area contributed by atoms with E-state index in [0.29, 0.717) is 6.42 Å². The SMILES string of the molecule is CC(N)C(Oc1ccc(CCO)cc1)c1ccsc1. The Morgan fingerprint density at radius 1 is 1.26 bits per heavy atom. The first kappa shape index (κ1) is 14.1. The van der Waals surface area contributed by atoms with E-state index in [4.69, 9.17) is 15.6 Å². The number of aliphatic hydroxyl groups is 1. The molecule has 2 aromatic rings. The molecular weight excluding hydrogens is 258 g/mol. The quantitative estimate of drug-likeness (QED) is 0.853. The van der Waals surface area contributed by atoms with E-state index in [1.54, 1.807) is 11.3 Å². The molecule has 0 saturated carbocycles. The van der Waals surface area contributed by atoms with Crippen LogP contribution in [0.25, 0.3) is 0 Å². The van der Waals surface area contributed by atoms with Gasteiger partial charge in [-0.15, -0.1) is 0 Å². The lowest BCUT2D eigenvalue weighted by Gasteiger charge is -2.22. The molecule has 2 rings (SSSR count). The number of thiophene rings is 1. The summed E-state index contributed by atoms with van der Waals surface area (Å²) in [6, 6.07) is 9.75. The molecule has 1 heterocycles. The topological polar surface area (TPSA) is 55.5 Å². The van der Waals surface area contributed by atoms with Gasteiger partial charge in [-0.25, -0.2) is 0 Å². The number of ether oxygens (including phenoxy) is 1. The predicted molar refractivity (Wildman–Crippen MR) is 78.6 cm³/mol. The number of aliphatic hydroxyl groups excluding tert-OH is 1. The Labute approximate surface area is 117 Å². The number of benzene rings is 1. The highest BCUT2D eigenvalue weighted by Gasteiger charge is 2.18. The fourth-order valence-corrected chi connectivity index (χ4v) is 2.61. The van der Waals surface area contributed by atoms with Gasteiger partial charge in [0.15, 0.2) is 0 Å². The minimum absolute atomic E-state index is 0.0771. The average Bonchev–Trinajstić information content (AvgIpc) is 2.91. The molecule has 0 radical (unpaired) electrons. The highest BCUT2D eigenvalue weighted by atomic mass is 32.1. The van der Waals surface area contributed by atoms with Crippen LogP contribution in [-0.2, 0) is 6.42 Å². The van der Waals surface area contributed by atoms with Crippen molar-refractivity contribution in [2.24, 2.45) is 5.73 Å². The largest absolute Gasteiger partial charge is 0.484 e. The lowest BCUT2D eigenvalue weighted by molar-refractivity contribution is 0.181. The van der Waals surface area contributed by atoms with Gasteiger partial charge in [-0.2, -0.15) is 11.3 Å². The molecule has 1 aromatic heterocycles. The molecule has 0 spiro atoms. The molecule has 4 heteroatoms. The third kappa shape index (κ3) is 3.80. The Kier molecular flexibility index (Phi) is 4.96. The lowest BCUT2D eigenvalue weighted by atomic mass is 10.1. The van der Waals surface area contributed by atoms with Crippen LogP contribution in [0, 0.1) is 0 Å². The number of rotatable bonds is 6. The van der Waals surface area contributed by atoms with Crippen molar-refractivity contribution < 1.29 is 9.84 Å².